The number of pyridine rings is 1. The second-order valence-corrected chi connectivity index (χ2v) is 8.99. The number of imidazole rings is 1. The fourth-order valence-electron chi connectivity index (χ4n) is 3.81. The van der Waals surface area contributed by atoms with Crippen LogP contribution in [0.2, 0.25) is 0 Å². The number of benzene rings is 1. The molecule has 1 aromatic carbocycles. The Balaban J connectivity index is 1.79. The third kappa shape index (κ3) is 3.82. The number of aryl methyl sites for hydroxylation is 3. The second kappa shape index (κ2) is 8.16. The summed E-state index contributed by atoms with van der Waals surface area (Å²) in [5.74, 6) is -0.0570. The Labute approximate surface area is 180 Å². The number of thiazole rings is 1. The number of anilines is 1. The molecule has 0 spiro atoms. The quantitative estimate of drug-likeness (QED) is 0.461. The van der Waals surface area contributed by atoms with Gasteiger partial charge < -0.3 is 4.90 Å². The van der Waals surface area contributed by atoms with Gasteiger partial charge in [0.05, 0.1) is 15.9 Å². The highest BCUT2D eigenvalue weighted by Gasteiger charge is 2.26. The van der Waals surface area contributed by atoms with E-state index in [-0.39, 0.29) is 5.91 Å². The van der Waals surface area contributed by atoms with Gasteiger partial charge in [-0.2, -0.15) is 0 Å². The Morgan fingerprint density at radius 1 is 1.10 bits per heavy atom. The summed E-state index contributed by atoms with van der Waals surface area (Å²) in [6.07, 6.45) is 2.76. The molecule has 0 saturated carbocycles. The molecule has 0 aliphatic rings. The van der Waals surface area contributed by atoms with E-state index >= 15 is 0 Å². The van der Waals surface area contributed by atoms with Gasteiger partial charge in [0.25, 0.3) is 5.91 Å². The molecule has 0 unspecified atom stereocenters. The molecule has 0 atom stereocenters. The minimum atomic E-state index is -0.0570. The normalized spacial score (nSPS) is 11.7. The molecule has 0 bridgehead atoms. The molecule has 3 aromatic heterocycles. The summed E-state index contributed by atoms with van der Waals surface area (Å²) in [7, 11) is 4.09. The van der Waals surface area contributed by atoms with E-state index in [1.54, 1.807) is 11.3 Å². The lowest BCUT2D eigenvalue weighted by Crippen LogP contribution is -2.34. The minimum Gasteiger partial charge on any atom is -0.309 e. The predicted molar refractivity (Wildman–Crippen MR) is 124 cm³/mol. The van der Waals surface area contributed by atoms with Crippen LogP contribution in [-0.4, -0.2) is 52.4 Å². The zero-order valence-corrected chi connectivity index (χ0v) is 19.0. The molecule has 3 heterocycles. The number of fused-ring (bicyclic) bond motifs is 2. The van der Waals surface area contributed by atoms with Gasteiger partial charge in [-0.25, -0.2) is 9.97 Å². The summed E-state index contributed by atoms with van der Waals surface area (Å²) in [6, 6.07) is 10.0. The summed E-state index contributed by atoms with van der Waals surface area (Å²) >= 11 is 1.59. The SMILES string of the molecule is Cc1cc(C)c2sc(N(CCCN(C)C)C(=O)c3c(C)nc4ccccn34)nc2c1. The van der Waals surface area contributed by atoms with Gasteiger partial charge in [-0.3, -0.25) is 14.1 Å². The lowest BCUT2D eigenvalue weighted by Gasteiger charge is -2.21. The largest absolute Gasteiger partial charge is 0.309 e. The summed E-state index contributed by atoms with van der Waals surface area (Å²) in [5, 5.41) is 0.743. The first-order valence-corrected chi connectivity index (χ1v) is 10.9. The van der Waals surface area contributed by atoms with Crippen molar-refractivity contribution >= 4 is 38.2 Å². The van der Waals surface area contributed by atoms with Gasteiger partial charge in [0.2, 0.25) is 0 Å². The van der Waals surface area contributed by atoms with Crippen LogP contribution in [0, 0.1) is 20.8 Å². The van der Waals surface area contributed by atoms with Gasteiger partial charge in [0, 0.05) is 12.7 Å². The predicted octanol–water partition coefficient (Wildman–Crippen LogP) is 4.47. The number of carbonyl (C=O) groups excluding carboxylic acids is 1. The zero-order valence-electron chi connectivity index (χ0n) is 18.1. The lowest BCUT2D eigenvalue weighted by molar-refractivity contribution is 0.0979. The molecular weight excluding hydrogens is 394 g/mol. The molecule has 6 nitrogen and oxygen atoms in total. The first-order chi connectivity index (χ1) is 14.3. The van der Waals surface area contributed by atoms with Crippen LogP contribution in [0.4, 0.5) is 5.13 Å². The van der Waals surface area contributed by atoms with Gasteiger partial charge in [0.15, 0.2) is 5.13 Å². The van der Waals surface area contributed by atoms with Crippen LogP contribution >= 0.6 is 11.3 Å². The monoisotopic (exact) mass is 421 g/mol. The van der Waals surface area contributed by atoms with E-state index in [2.05, 4.69) is 35.9 Å². The first kappa shape index (κ1) is 20.5. The van der Waals surface area contributed by atoms with Crippen LogP contribution in [-0.2, 0) is 0 Å². The van der Waals surface area contributed by atoms with Crippen molar-refractivity contribution in [1.29, 1.82) is 0 Å². The average Bonchev–Trinajstić information content (AvgIpc) is 3.24. The van der Waals surface area contributed by atoms with Crippen LogP contribution in [0.3, 0.4) is 0 Å². The Bertz CT molecular complexity index is 1220. The van der Waals surface area contributed by atoms with Crippen molar-refractivity contribution in [2.75, 3.05) is 32.1 Å². The molecule has 0 saturated heterocycles. The number of rotatable bonds is 6. The Morgan fingerprint density at radius 2 is 1.90 bits per heavy atom. The van der Waals surface area contributed by atoms with E-state index in [1.807, 2.05) is 54.7 Å². The van der Waals surface area contributed by atoms with Crippen molar-refractivity contribution < 1.29 is 4.79 Å². The molecule has 7 heteroatoms. The molecule has 156 valence electrons. The Morgan fingerprint density at radius 3 is 2.67 bits per heavy atom. The minimum absolute atomic E-state index is 0.0570. The highest BCUT2D eigenvalue weighted by atomic mass is 32.1. The van der Waals surface area contributed by atoms with Crippen molar-refractivity contribution in [3.63, 3.8) is 0 Å². The first-order valence-electron chi connectivity index (χ1n) is 10.1. The van der Waals surface area contributed by atoms with Crippen molar-refractivity contribution in [2.45, 2.75) is 27.2 Å². The number of carbonyl (C=O) groups is 1. The van der Waals surface area contributed by atoms with E-state index < -0.39 is 0 Å². The Kier molecular flexibility index (Phi) is 5.58. The highest BCUT2D eigenvalue weighted by Crippen LogP contribution is 2.33. The molecule has 0 radical (unpaired) electrons. The average molecular weight is 422 g/mol. The van der Waals surface area contributed by atoms with Gasteiger partial charge in [-0.15, -0.1) is 0 Å². The van der Waals surface area contributed by atoms with Crippen LogP contribution in [0.5, 0.6) is 0 Å². The van der Waals surface area contributed by atoms with Crippen molar-refractivity contribution in [1.82, 2.24) is 19.3 Å². The fourth-order valence-corrected chi connectivity index (χ4v) is 4.85. The van der Waals surface area contributed by atoms with Crippen molar-refractivity contribution in [3.05, 3.63) is 59.0 Å². The van der Waals surface area contributed by atoms with Crippen molar-refractivity contribution in [3.8, 4) is 0 Å². The number of hydrogen-bond acceptors (Lipinski definition) is 5. The summed E-state index contributed by atoms with van der Waals surface area (Å²) in [4.78, 5) is 27.2. The number of aromatic nitrogens is 3. The van der Waals surface area contributed by atoms with E-state index in [1.165, 1.54) is 11.1 Å². The lowest BCUT2D eigenvalue weighted by atomic mass is 10.1. The van der Waals surface area contributed by atoms with E-state index in [9.17, 15) is 4.79 Å². The molecule has 0 aliphatic heterocycles. The standard InChI is InChI=1S/C23H27N5OS/c1-15-13-16(2)21-18(14-15)25-23(30-21)28(12-8-10-26(4)5)22(29)20-17(3)24-19-9-6-7-11-27(19)20/h6-7,9,11,13-14H,8,10,12H2,1-5H3. The van der Waals surface area contributed by atoms with E-state index in [0.29, 0.717) is 12.2 Å². The van der Waals surface area contributed by atoms with Crippen LogP contribution in [0.1, 0.15) is 33.7 Å². The van der Waals surface area contributed by atoms with E-state index in [4.69, 9.17) is 4.98 Å². The number of amides is 1. The summed E-state index contributed by atoms with van der Waals surface area (Å²) in [6.45, 7) is 7.58. The number of nitrogens with zero attached hydrogens (tertiary/aromatic N) is 5. The maximum atomic E-state index is 13.8. The molecular formula is C23H27N5OS. The molecule has 30 heavy (non-hydrogen) atoms. The molecule has 0 aliphatic carbocycles. The second-order valence-electron chi connectivity index (χ2n) is 8.01. The third-order valence-corrected chi connectivity index (χ3v) is 6.41. The summed E-state index contributed by atoms with van der Waals surface area (Å²) in [5.41, 5.74) is 5.44. The van der Waals surface area contributed by atoms with Crippen LogP contribution in [0.25, 0.3) is 15.9 Å². The van der Waals surface area contributed by atoms with Gasteiger partial charge in [0.1, 0.15) is 11.3 Å². The molecule has 1 amide bonds. The molecule has 4 rings (SSSR count). The fraction of sp³-hybridized carbons (Fsp3) is 0.348. The molecule has 4 aromatic rings. The molecule has 0 N–H and O–H groups in total. The van der Waals surface area contributed by atoms with E-state index in [0.717, 1.165) is 39.7 Å². The van der Waals surface area contributed by atoms with Gasteiger partial charge in [-0.05, 0) is 77.2 Å². The number of hydrogen-bond donors (Lipinski definition) is 0. The molecule has 0 fully saturated rings. The zero-order chi connectivity index (χ0) is 21.4. The maximum Gasteiger partial charge on any atom is 0.278 e. The smallest absolute Gasteiger partial charge is 0.278 e. The summed E-state index contributed by atoms with van der Waals surface area (Å²) < 4.78 is 3.01. The van der Waals surface area contributed by atoms with Crippen LogP contribution in [0.15, 0.2) is 36.5 Å². The Hall–Kier alpha value is -2.77. The van der Waals surface area contributed by atoms with Crippen LogP contribution < -0.4 is 4.90 Å². The maximum absolute atomic E-state index is 13.8. The van der Waals surface area contributed by atoms with Crippen molar-refractivity contribution in [2.24, 2.45) is 0 Å². The third-order valence-electron chi connectivity index (χ3n) is 5.18. The van der Waals surface area contributed by atoms with Gasteiger partial charge >= 0.3 is 0 Å². The topological polar surface area (TPSA) is 53.7 Å². The van der Waals surface area contributed by atoms with Gasteiger partial charge in [-0.1, -0.05) is 23.5 Å². The highest BCUT2D eigenvalue weighted by molar-refractivity contribution is 7.22.